The van der Waals surface area contributed by atoms with Crippen molar-refractivity contribution in [1.82, 2.24) is 4.90 Å². The van der Waals surface area contributed by atoms with Gasteiger partial charge in [-0.05, 0) is 38.9 Å². The van der Waals surface area contributed by atoms with E-state index in [1.54, 1.807) is 4.90 Å². The number of nitrogens with zero attached hydrogens (tertiary/aromatic N) is 2. The van der Waals surface area contributed by atoms with Gasteiger partial charge < -0.3 is 0 Å². The van der Waals surface area contributed by atoms with Crippen LogP contribution >= 0.6 is 0 Å². The van der Waals surface area contributed by atoms with E-state index in [2.05, 4.69) is 4.90 Å². The molecule has 20 heavy (non-hydrogen) atoms. The van der Waals surface area contributed by atoms with E-state index in [9.17, 15) is 9.59 Å². The van der Waals surface area contributed by atoms with Crippen LogP contribution in [0.5, 0.6) is 0 Å². The molecular weight excluding hydrogens is 252 g/mol. The predicted octanol–water partition coefficient (Wildman–Crippen LogP) is 2.36. The molecule has 106 valence electrons. The van der Waals surface area contributed by atoms with Crippen LogP contribution in [0, 0.1) is 6.92 Å². The average Bonchev–Trinajstić information content (AvgIpc) is 3.03. The number of hydrogen-bond acceptors (Lipinski definition) is 3. The van der Waals surface area contributed by atoms with E-state index in [4.69, 9.17) is 0 Å². The van der Waals surface area contributed by atoms with Crippen molar-refractivity contribution in [2.75, 3.05) is 18.6 Å². The Labute approximate surface area is 119 Å². The summed E-state index contributed by atoms with van der Waals surface area (Å²) in [6, 6.07) is 6.18. The Bertz CT molecular complexity index is 562. The molecule has 0 N–H and O–H groups in total. The van der Waals surface area contributed by atoms with E-state index in [0.29, 0.717) is 18.3 Å². The Morgan fingerprint density at radius 1 is 1.25 bits per heavy atom. The molecule has 0 unspecified atom stereocenters. The van der Waals surface area contributed by atoms with Crippen LogP contribution in [0.2, 0.25) is 0 Å². The number of amides is 1. The summed E-state index contributed by atoms with van der Waals surface area (Å²) in [5.41, 5.74) is 2.32. The molecule has 0 bridgehead atoms. The SMILES string of the molecule is Cc1ccc2c(c1)C(=O)C(=O)N2CN(C)C1CCCC1. The van der Waals surface area contributed by atoms with Crippen LogP contribution < -0.4 is 4.90 Å². The van der Waals surface area contributed by atoms with Crippen molar-refractivity contribution in [1.29, 1.82) is 0 Å². The van der Waals surface area contributed by atoms with Crippen molar-refractivity contribution in [2.24, 2.45) is 0 Å². The van der Waals surface area contributed by atoms with Crippen molar-refractivity contribution in [3.8, 4) is 0 Å². The molecule has 1 aromatic carbocycles. The summed E-state index contributed by atoms with van der Waals surface area (Å²) >= 11 is 0. The van der Waals surface area contributed by atoms with Gasteiger partial charge in [0.25, 0.3) is 5.78 Å². The van der Waals surface area contributed by atoms with Crippen molar-refractivity contribution in [3.63, 3.8) is 0 Å². The maximum Gasteiger partial charge on any atom is 0.300 e. The van der Waals surface area contributed by atoms with Gasteiger partial charge in [-0.1, -0.05) is 24.5 Å². The Morgan fingerprint density at radius 3 is 2.65 bits per heavy atom. The largest absolute Gasteiger partial charge is 0.300 e. The van der Waals surface area contributed by atoms with Crippen LogP contribution in [0.15, 0.2) is 18.2 Å². The normalized spacial score (nSPS) is 19.2. The third-order valence-electron chi connectivity index (χ3n) is 4.44. The zero-order valence-corrected chi connectivity index (χ0v) is 12.1. The molecule has 1 heterocycles. The van der Waals surface area contributed by atoms with Crippen molar-refractivity contribution < 1.29 is 9.59 Å². The maximum absolute atomic E-state index is 12.2. The zero-order valence-electron chi connectivity index (χ0n) is 12.1. The Balaban J connectivity index is 1.83. The molecule has 0 atom stereocenters. The molecule has 1 aromatic rings. The van der Waals surface area contributed by atoms with Gasteiger partial charge >= 0.3 is 5.91 Å². The van der Waals surface area contributed by atoms with Crippen molar-refractivity contribution in [3.05, 3.63) is 29.3 Å². The molecular formula is C16H20N2O2. The van der Waals surface area contributed by atoms with Gasteiger partial charge in [0.1, 0.15) is 0 Å². The number of Topliss-reactive ketones (excluding diaryl/α,β-unsaturated/α-hetero) is 1. The fraction of sp³-hybridized carbons (Fsp3) is 0.500. The second-order valence-corrected chi connectivity index (χ2v) is 5.92. The molecule has 1 aliphatic carbocycles. The van der Waals surface area contributed by atoms with Gasteiger partial charge in [0.05, 0.1) is 17.9 Å². The molecule has 0 spiro atoms. The standard InChI is InChI=1S/C16H20N2O2/c1-11-7-8-14-13(9-11)15(19)16(20)18(14)10-17(2)12-5-3-4-6-12/h7-9,12H,3-6,10H2,1-2H3. The molecule has 1 fully saturated rings. The van der Waals surface area contributed by atoms with E-state index in [0.717, 1.165) is 11.3 Å². The summed E-state index contributed by atoms with van der Waals surface area (Å²) in [4.78, 5) is 28.0. The Hall–Kier alpha value is -1.68. The predicted molar refractivity (Wildman–Crippen MR) is 77.9 cm³/mol. The summed E-state index contributed by atoms with van der Waals surface area (Å²) < 4.78 is 0. The lowest BCUT2D eigenvalue weighted by Crippen LogP contribution is -2.42. The van der Waals surface area contributed by atoms with Gasteiger partial charge in [0, 0.05) is 6.04 Å². The molecule has 4 nitrogen and oxygen atoms in total. The number of benzene rings is 1. The smallest absolute Gasteiger partial charge is 0.291 e. The van der Waals surface area contributed by atoms with Crippen LogP contribution in [0.1, 0.15) is 41.6 Å². The van der Waals surface area contributed by atoms with Crippen LogP contribution in [0.3, 0.4) is 0 Å². The number of rotatable bonds is 3. The van der Waals surface area contributed by atoms with E-state index >= 15 is 0 Å². The minimum Gasteiger partial charge on any atom is -0.291 e. The van der Waals surface area contributed by atoms with Gasteiger partial charge in [-0.15, -0.1) is 0 Å². The summed E-state index contributed by atoms with van der Waals surface area (Å²) in [6.45, 7) is 2.44. The third kappa shape index (κ3) is 2.14. The molecule has 0 aromatic heterocycles. The molecule has 2 aliphatic rings. The third-order valence-corrected chi connectivity index (χ3v) is 4.44. The van der Waals surface area contributed by atoms with Crippen LogP contribution in [-0.4, -0.2) is 36.3 Å². The first-order valence-electron chi connectivity index (χ1n) is 7.25. The first kappa shape index (κ1) is 13.3. The maximum atomic E-state index is 12.2. The highest BCUT2D eigenvalue weighted by Gasteiger charge is 2.37. The molecule has 3 rings (SSSR count). The van der Waals surface area contributed by atoms with Crippen molar-refractivity contribution >= 4 is 17.4 Å². The lowest BCUT2D eigenvalue weighted by Gasteiger charge is -2.29. The second kappa shape index (κ2) is 5.02. The monoisotopic (exact) mass is 272 g/mol. The van der Waals surface area contributed by atoms with Crippen molar-refractivity contribution in [2.45, 2.75) is 38.6 Å². The Kier molecular flexibility index (Phi) is 3.34. The first-order chi connectivity index (χ1) is 9.58. The zero-order chi connectivity index (χ0) is 14.3. The number of anilines is 1. The van der Waals surface area contributed by atoms with E-state index in [1.165, 1.54) is 25.7 Å². The van der Waals surface area contributed by atoms with Gasteiger partial charge in [-0.2, -0.15) is 0 Å². The van der Waals surface area contributed by atoms with Gasteiger partial charge in [-0.3, -0.25) is 19.4 Å². The Morgan fingerprint density at radius 2 is 1.95 bits per heavy atom. The topological polar surface area (TPSA) is 40.6 Å². The second-order valence-electron chi connectivity index (χ2n) is 5.92. The number of aryl methyl sites for hydroxylation is 1. The number of ketones is 1. The number of carbonyl (C=O) groups is 2. The fourth-order valence-electron chi connectivity index (χ4n) is 3.24. The summed E-state index contributed by atoms with van der Waals surface area (Å²) in [5.74, 6) is -0.765. The molecule has 0 radical (unpaired) electrons. The first-order valence-corrected chi connectivity index (χ1v) is 7.25. The van der Waals surface area contributed by atoms with E-state index < -0.39 is 5.91 Å². The molecule has 4 heteroatoms. The number of carbonyl (C=O) groups excluding carboxylic acids is 2. The molecule has 1 saturated carbocycles. The summed E-state index contributed by atoms with van der Waals surface area (Å²) in [7, 11) is 2.04. The van der Waals surface area contributed by atoms with Crippen LogP contribution in [0.25, 0.3) is 0 Å². The summed E-state index contributed by atoms with van der Waals surface area (Å²) in [6.07, 6.45) is 4.90. The highest BCUT2D eigenvalue weighted by Crippen LogP contribution is 2.31. The van der Waals surface area contributed by atoms with E-state index in [-0.39, 0.29) is 5.78 Å². The van der Waals surface area contributed by atoms with Crippen LogP contribution in [-0.2, 0) is 4.79 Å². The number of fused-ring (bicyclic) bond motifs is 1. The molecule has 0 saturated heterocycles. The highest BCUT2D eigenvalue weighted by atomic mass is 16.2. The quantitative estimate of drug-likeness (QED) is 0.793. The minimum atomic E-state index is -0.393. The highest BCUT2D eigenvalue weighted by molar-refractivity contribution is 6.52. The van der Waals surface area contributed by atoms with Gasteiger partial charge in [0.2, 0.25) is 0 Å². The average molecular weight is 272 g/mol. The minimum absolute atomic E-state index is 0.372. The van der Waals surface area contributed by atoms with Gasteiger partial charge in [0.15, 0.2) is 0 Å². The molecule has 1 amide bonds. The van der Waals surface area contributed by atoms with Crippen LogP contribution in [0.4, 0.5) is 5.69 Å². The lowest BCUT2D eigenvalue weighted by atomic mass is 10.1. The fourth-order valence-corrected chi connectivity index (χ4v) is 3.24. The molecule has 1 aliphatic heterocycles. The number of hydrogen-bond donors (Lipinski definition) is 0. The van der Waals surface area contributed by atoms with E-state index in [1.807, 2.05) is 32.2 Å². The summed E-state index contributed by atoms with van der Waals surface area (Å²) in [5, 5.41) is 0. The van der Waals surface area contributed by atoms with Gasteiger partial charge in [-0.25, -0.2) is 0 Å². The lowest BCUT2D eigenvalue weighted by molar-refractivity contribution is -0.114.